The van der Waals surface area contributed by atoms with Crippen LogP contribution in [0.15, 0.2) is 0 Å². The Balaban J connectivity index is 3.33. The largest absolute Gasteiger partial charge is 0.466 e. The van der Waals surface area contributed by atoms with Gasteiger partial charge in [0, 0.05) is 12.8 Å². The summed E-state index contributed by atoms with van der Waals surface area (Å²) in [4.78, 5) is 24.6. The summed E-state index contributed by atoms with van der Waals surface area (Å²) in [5.74, 6) is -0.00659. The van der Waals surface area contributed by atoms with Crippen molar-refractivity contribution in [3.8, 4) is 0 Å². The Kier molecular flexibility index (Phi) is 64.4. The van der Waals surface area contributed by atoms with E-state index < -0.39 is 12.1 Å². The molecule has 0 bridgehead atoms. The fourth-order valence-electron chi connectivity index (χ4n) is 11.4. The number of unbranched alkanes of at least 4 members (excludes halogenated alkanes) is 55. The highest BCUT2D eigenvalue weighted by Crippen LogP contribution is 2.19. The van der Waals surface area contributed by atoms with E-state index in [2.05, 4.69) is 19.2 Å². The number of amides is 1. The van der Waals surface area contributed by atoms with Crippen molar-refractivity contribution in [2.75, 3.05) is 13.2 Å². The normalized spacial score (nSPS) is 12.4. The molecule has 0 rings (SSSR count). The summed E-state index contributed by atoms with van der Waals surface area (Å²) in [6.07, 6.45) is 78.6. The van der Waals surface area contributed by atoms with Crippen LogP contribution in [0, 0.1) is 0 Å². The first kappa shape index (κ1) is 73.9. The SMILES string of the molecule is CCCCCCCCCCCCCCCCCCC(=O)OCCCCCCCCCCCCCCCCCCCCCCCCCCCCC(=O)NC(CO)C(O)CCCCCCCCCCCCCCCCCC. The molecule has 0 heterocycles. The molecule has 448 valence electrons. The predicted molar refractivity (Wildman–Crippen MR) is 329 cm³/mol. The number of aliphatic hydroxyl groups is 2. The summed E-state index contributed by atoms with van der Waals surface area (Å²) in [5.41, 5.74) is 0. The van der Waals surface area contributed by atoms with Gasteiger partial charge in [-0.1, -0.05) is 367 Å². The van der Waals surface area contributed by atoms with Crippen LogP contribution in [0.5, 0.6) is 0 Å². The Morgan fingerprint density at radius 1 is 0.320 bits per heavy atom. The smallest absolute Gasteiger partial charge is 0.305 e. The van der Waals surface area contributed by atoms with E-state index in [4.69, 9.17) is 4.74 Å². The molecule has 0 aliphatic rings. The lowest BCUT2D eigenvalue weighted by molar-refractivity contribution is -0.143. The molecule has 0 radical (unpaired) electrons. The first-order valence-electron chi connectivity index (χ1n) is 34.8. The molecule has 0 spiro atoms. The van der Waals surface area contributed by atoms with Crippen LogP contribution in [0.1, 0.15) is 406 Å². The Morgan fingerprint density at radius 3 is 0.813 bits per heavy atom. The Morgan fingerprint density at radius 2 is 0.547 bits per heavy atom. The minimum Gasteiger partial charge on any atom is -0.466 e. The number of ether oxygens (including phenoxy) is 1. The topological polar surface area (TPSA) is 95.9 Å². The van der Waals surface area contributed by atoms with Gasteiger partial charge in [0.05, 0.1) is 25.4 Å². The van der Waals surface area contributed by atoms with Crippen LogP contribution < -0.4 is 5.32 Å². The molecule has 0 fully saturated rings. The van der Waals surface area contributed by atoms with Crippen molar-refractivity contribution in [3.05, 3.63) is 0 Å². The number of hydrogen-bond donors (Lipinski definition) is 3. The number of carbonyl (C=O) groups is 2. The second kappa shape index (κ2) is 65.4. The van der Waals surface area contributed by atoms with Gasteiger partial charge in [0.25, 0.3) is 0 Å². The van der Waals surface area contributed by atoms with Gasteiger partial charge in [0.15, 0.2) is 0 Å². The van der Waals surface area contributed by atoms with Crippen LogP contribution in [-0.2, 0) is 14.3 Å². The number of nitrogens with one attached hydrogen (secondary N) is 1. The zero-order valence-corrected chi connectivity index (χ0v) is 51.3. The van der Waals surface area contributed by atoms with Crippen LogP contribution in [0.2, 0.25) is 0 Å². The average Bonchev–Trinajstić information content (AvgIpc) is 3.41. The van der Waals surface area contributed by atoms with Gasteiger partial charge in [-0.25, -0.2) is 0 Å². The van der Waals surface area contributed by atoms with Crippen molar-refractivity contribution in [2.24, 2.45) is 0 Å². The van der Waals surface area contributed by atoms with Gasteiger partial charge in [0.2, 0.25) is 5.91 Å². The van der Waals surface area contributed by atoms with E-state index in [0.717, 1.165) is 38.5 Å². The fourth-order valence-corrected chi connectivity index (χ4v) is 11.4. The molecule has 0 saturated heterocycles. The van der Waals surface area contributed by atoms with Gasteiger partial charge in [-0.3, -0.25) is 9.59 Å². The molecule has 0 aromatic carbocycles. The van der Waals surface area contributed by atoms with Crippen molar-refractivity contribution in [2.45, 2.75) is 418 Å². The maximum Gasteiger partial charge on any atom is 0.305 e. The summed E-state index contributed by atoms with van der Waals surface area (Å²) >= 11 is 0. The highest BCUT2D eigenvalue weighted by Gasteiger charge is 2.20. The van der Waals surface area contributed by atoms with Crippen LogP contribution in [0.25, 0.3) is 0 Å². The molecule has 75 heavy (non-hydrogen) atoms. The molecular formula is C69H137NO5. The lowest BCUT2D eigenvalue weighted by Gasteiger charge is -2.22. The minimum atomic E-state index is -0.661. The number of rotatable bonds is 66. The lowest BCUT2D eigenvalue weighted by Crippen LogP contribution is -2.45. The quantitative estimate of drug-likeness (QED) is 0.0417. The second-order valence-electron chi connectivity index (χ2n) is 24.2. The van der Waals surface area contributed by atoms with Crippen molar-refractivity contribution in [1.29, 1.82) is 0 Å². The highest BCUT2D eigenvalue weighted by atomic mass is 16.5. The summed E-state index contributed by atoms with van der Waals surface area (Å²) in [6, 6.07) is -0.538. The summed E-state index contributed by atoms with van der Waals surface area (Å²) in [7, 11) is 0. The van der Waals surface area contributed by atoms with E-state index in [1.165, 1.54) is 334 Å². The second-order valence-corrected chi connectivity index (χ2v) is 24.2. The number of aliphatic hydroxyl groups excluding tert-OH is 2. The summed E-state index contributed by atoms with van der Waals surface area (Å²) in [5, 5.41) is 23.3. The van der Waals surface area contributed by atoms with E-state index in [1.807, 2.05) is 0 Å². The maximum absolute atomic E-state index is 12.5. The van der Waals surface area contributed by atoms with Crippen molar-refractivity contribution in [3.63, 3.8) is 0 Å². The summed E-state index contributed by atoms with van der Waals surface area (Å²) < 4.78 is 5.50. The minimum absolute atomic E-state index is 0.0220. The third kappa shape index (κ3) is 61.9. The zero-order chi connectivity index (χ0) is 54.3. The van der Waals surface area contributed by atoms with Gasteiger partial charge < -0.3 is 20.3 Å². The molecule has 0 aliphatic heterocycles. The Hall–Kier alpha value is -1.14. The lowest BCUT2D eigenvalue weighted by atomic mass is 10.0. The molecule has 0 saturated carbocycles. The zero-order valence-electron chi connectivity index (χ0n) is 51.3. The first-order valence-corrected chi connectivity index (χ1v) is 34.8. The third-order valence-electron chi connectivity index (χ3n) is 16.7. The van der Waals surface area contributed by atoms with E-state index in [1.54, 1.807) is 0 Å². The third-order valence-corrected chi connectivity index (χ3v) is 16.7. The molecule has 0 aromatic heterocycles. The van der Waals surface area contributed by atoms with E-state index in [-0.39, 0.29) is 18.5 Å². The molecule has 6 heteroatoms. The van der Waals surface area contributed by atoms with Gasteiger partial charge >= 0.3 is 5.97 Å². The first-order chi connectivity index (χ1) is 37.0. The van der Waals surface area contributed by atoms with E-state index in [9.17, 15) is 19.8 Å². The van der Waals surface area contributed by atoms with E-state index >= 15 is 0 Å². The highest BCUT2D eigenvalue weighted by molar-refractivity contribution is 5.76. The number of carbonyl (C=O) groups excluding carboxylic acids is 2. The van der Waals surface area contributed by atoms with E-state index in [0.29, 0.717) is 25.9 Å². The maximum atomic E-state index is 12.5. The predicted octanol–water partition coefficient (Wildman–Crippen LogP) is 22.2. The molecule has 6 nitrogen and oxygen atoms in total. The molecule has 3 N–H and O–H groups in total. The molecule has 0 aliphatic carbocycles. The number of hydrogen-bond acceptors (Lipinski definition) is 5. The summed E-state index contributed by atoms with van der Waals surface area (Å²) in [6.45, 7) is 5.00. The van der Waals surface area contributed by atoms with Crippen LogP contribution in [0.3, 0.4) is 0 Å². The van der Waals surface area contributed by atoms with Gasteiger partial charge in [-0.05, 0) is 25.7 Å². The van der Waals surface area contributed by atoms with Crippen molar-refractivity contribution in [1.82, 2.24) is 5.32 Å². The fraction of sp³-hybridized carbons (Fsp3) is 0.971. The molecule has 1 amide bonds. The van der Waals surface area contributed by atoms with Crippen molar-refractivity contribution < 1.29 is 24.5 Å². The van der Waals surface area contributed by atoms with Gasteiger partial charge in [-0.15, -0.1) is 0 Å². The van der Waals surface area contributed by atoms with Crippen LogP contribution >= 0.6 is 0 Å². The standard InChI is InChI=1S/C69H137NO5/c1-3-5-7-9-11-13-15-17-19-33-37-41-45-49-53-57-61-67(72)66(65-71)70-68(73)62-58-54-50-46-42-38-34-31-29-27-25-23-21-22-24-26-28-30-32-36-40-44-48-52-56-60-64-75-69(74)63-59-55-51-47-43-39-35-20-18-16-14-12-10-8-6-4-2/h66-67,71-72H,3-65H2,1-2H3,(H,70,73). The monoisotopic (exact) mass is 1060 g/mol. The number of esters is 1. The Bertz CT molecular complexity index is 1080. The molecule has 2 atom stereocenters. The van der Waals surface area contributed by atoms with Gasteiger partial charge in [0.1, 0.15) is 0 Å². The average molecular weight is 1060 g/mol. The molecular weight excluding hydrogens is 923 g/mol. The van der Waals surface area contributed by atoms with Gasteiger partial charge in [-0.2, -0.15) is 0 Å². The molecule has 0 aromatic rings. The Labute approximate surface area is 470 Å². The van der Waals surface area contributed by atoms with Crippen LogP contribution in [-0.4, -0.2) is 47.4 Å². The van der Waals surface area contributed by atoms with Crippen molar-refractivity contribution >= 4 is 11.9 Å². The molecule has 2 unspecified atom stereocenters. The van der Waals surface area contributed by atoms with Crippen LogP contribution in [0.4, 0.5) is 0 Å².